The zero-order valence-corrected chi connectivity index (χ0v) is 51.0. The first-order chi connectivity index (χ1) is 38.0. The lowest BCUT2D eigenvalue weighted by Gasteiger charge is -2.18. The quantitative estimate of drug-likeness (QED) is 0.0261. The van der Waals surface area contributed by atoms with Gasteiger partial charge in [-0.3, -0.25) is 14.4 Å². The van der Waals surface area contributed by atoms with E-state index in [1.54, 1.807) is 0 Å². The Hall–Kier alpha value is -3.41. The minimum absolute atomic E-state index is 0.0828. The molecule has 0 aromatic rings. The standard InChI is InChI=1S/C71H124O6/c1-4-7-10-13-16-19-22-25-28-31-33-35-37-40-43-46-49-52-55-58-61-64-70(73)76-67-68(66-75-69(72)63-60-57-54-51-48-45-42-39-30-27-24-21-18-15-12-9-6-3)77-71(74)65-62-59-56-53-50-47-44-41-38-36-34-32-29-26-23-20-17-14-11-8-5-2/h7,10,16,18-19,21,25,27-28,30,32-35,68H,4-6,8-9,11-15,17,20,22-24,26,29,31,36-67H2,1-3H3/b10-7-,19-16-,21-18-,28-25-,30-27-,34-32-,35-33-. The van der Waals surface area contributed by atoms with Gasteiger partial charge in [-0.1, -0.05) is 279 Å². The molecule has 77 heavy (non-hydrogen) atoms. The molecular weight excluding hydrogens is 949 g/mol. The fraction of sp³-hybridized carbons (Fsp3) is 0.761. The number of hydrogen-bond donors (Lipinski definition) is 0. The van der Waals surface area contributed by atoms with Gasteiger partial charge in [-0.25, -0.2) is 0 Å². The molecule has 0 spiro atoms. The maximum absolute atomic E-state index is 12.9. The summed E-state index contributed by atoms with van der Waals surface area (Å²) in [6, 6.07) is 0. The highest BCUT2D eigenvalue weighted by Gasteiger charge is 2.19. The summed E-state index contributed by atoms with van der Waals surface area (Å²) in [6.45, 7) is 6.53. The van der Waals surface area contributed by atoms with Gasteiger partial charge in [0.2, 0.25) is 0 Å². The average Bonchev–Trinajstić information content (AvgIpc) is 3.43. The number of carbonyl (C=O) groups excluding carboxylic acids is 3. The molecule has 0 N–H and O–H groups in total. The molecule has 1 unspecified atom stereocenters. The second-order valence-corrected chi connectivity index (χ2v) is 22.0. The molecular formula is C71H124O6. The van der Waals surface area contributed by atoms with Crippen LogP contribution in [0.1, 0.15) is 329 Å². The second kappa shape index (κ2) is 65.1. The highest BCUT2D eigenvalue weighted by molar-refractivity contribution is 5.71. The van der Waals surface area contributed by atoms with Crippen LogP contribution < -0.4 is 0 Å². The van der Waals surface area contributed by atoms with E-state index in [0.29, 0.717) is 19.3 Å². The van der Waals surface area contributed by atoms with Crippen LogP contribution in [0.15, 0.2) is 85.1 Å². The molecule has 0 aliphatic heterocycles. The molecule has 1 atom stereocenters. The van der Waals surface area contributed by atoms with E-state index in [1.807, 2.05) is 0 Å². The summed E-state index contributed by atoms with van der Waals surface area (Å²) in [6.07, 6.45) is 85.8. The van der Waals surface area contributed by atoms with Crippen LogP contribution in [0.4, 0.5) is 0 Å². The summed E-state index contributed by atoms with van der Waals surface area (Å²) < 4.78 is 17.0. The first-order valence-corrected chi connectivity index (χ1v) is 33.1. The van der Waals surface area contributed by atoms with Crippen LogP contribution >= 0.6 is 0 Å². The van der Waals surface area contributed by atoms with Gasteiger partial charge in [0, 0.05) is 19.3 Å². The molecule has 444 valence electrons. The molecule has 0 rings (SSSR count). The molecule has 0 saturated carbocycles. The van der Waals surface area contributed by atoms with Crippen LogP contribution in [-0.2, 0) is 28.6 Å². The van der Waals surface area contributed by atoms with E-state index in [1.165, 1.54) is 186 Å². The van der Waals surface area contributed by atoms with Crippen LogP contribution in [0.3, 0.4) is 0 Å². The van der Waals surface area contributed by atoms with E-state index in [4.69, 9.17) is 14.2 Å². The van der Waals surface area contributed by atoms with Crippen molar-refractivity contribution in [2.45, 2.75) is 335 Å². The second-order valence-electron chi connectivity index (χ2n) is 22.0. The van der Waals surface area contributed by atoms with E-state index in [9.17, 15) is 14.4 Å². The molecule has 0 radical (unpaired) electrons. The van der Waals surface area contributed by atoms with Crippen molar-refractivity contribution in [3.8, 4) is 0 Å². The van der Waals surface area contributed by atoms with Crippen molar-refractivity contribution in [1.29, 1.82) is 0 Å². The lowest BCUT2D eigenvalue weighted by Crippen LogP contribution is -2.30. The van der Waals surface area contributed by atoms with Gasteiger partial charge in [0.25, 0.3) is 0 Å². The third-order valence-corrected chi connectivity index (χ3v) is 14.4. The molecule has 0 fully saturated rings. The van der Waals surface area contributed by atoms with Crippen molar-refractivity contribution >= 4 is 17.9 Å². The maximum Gasteiger partial charge on any atom is 0.306 e. The number of allylic oxidation sites excluding steroid dienone is 14. The Kier molecular flexibility index (Phi) is 62.2. The molecule has 0 aromatic carbocycles. The smallest absolute Gasteiger partial charge is 0.306 e. The zero-order chi connectivity index (χ0) is 55.7. The molecule has 0 bridgehead atoms. The van der Waals surface area contributed by atoms with Gasteiger partial charge >= 0.3 is 17.9 Å². The molecule has 0 amide bonds. The Morgan fingerprint density at radius 3 is 0.831 bits per heavy atom. The van der Waals surface area contributed by atoms with Crippen molar-refractivity contribution < 1.29 is 28.6 Å². The highest BCUT2D eigenvalue weighted by atomic mass is 16.6. The Bertz CT molecular complexity index is 1470. The molecule has 6 nitrogen and oxygen atoms in total. The van der Waals surface area contributed by atoms with Crippen LogP contribution in [-0.4, -0.2) is 37.2 Å². The third-order valence-electron chi connectivity index (χ3n) is 14.4. The molecule has 0 heterocycles. The number of rotatable bonds is 60. The van der Waals surface area contributed by atoms with E-state index < -0.39 is 6.10 Å². The van der Waals surface area contributed by atoms with Crippen LogP contribution in [0.25, 0.3) is 0 Å². The maximum atomic E-state index is 12.9. The van der Waals surface area contributed by atoms with Gasteiger partial charge in [-0.2, -0.15) is 0 Å². The Morgan fingerprint density at radius 2 is 0.506 bits per heavy atom. The largest absolute Gasteiger partial charge is 0.462 e. The van der Waals surface area contributed by atoms with Gasteiger partial charge in [-0.15, -0.1) is 0 Å². The van der Waals surface area contributed by atoms with Crippen molar-refractivity contribution in [2.75, 3.05) is 13.2 Å². The molecule has 0 aromatic heterocycles. The van der Waals surface area contributed by atoms with E-state index in [2.05, 4.69) is 106 Å². The van der Waals surface area contributed by atoms with Crippen LogP contribution in [0.5, 0.6) is 0 Å². The topological polar surface area (TPSA) is 78.9 Å². The summed E-state index contributed by atoms with van der Waals surface area (Å²) in [5.41, 5.74) is 0. The fourth-order valence-electron chi connectivity index (χ4n) is 9.40. The fourth-order valence-corrected chi connectivity index (χ4v) is 9.40. The number of hydrogen-bond acceptors (Lipinski definition) is 6. The normalized spacial score (nSPS) is 12.6. The summed E-state index contributed by atoms with van der Waals surface area (Å²) in [7, 11) is 0. The summed E-state index contributed by atoms with van der Waals surface area (Å²) in [4.78, 5) is 38.4. The van der Waals surface area contributed by atoms with E-state index >= 15 is 0 Å². The molecule has 6 heteroatoms. The van der Waals surface area contributed by atoms with Gasteiger partial charge in [0.05, 0.1) is 0 Å². The predicted octanol–water partition coefficient (Wildman–Crippen LogP) is 22.7. The minimum Gasteiger partial charge on any atom is -0.462 e. The lowest BCUT2D eigenvalue weighted by molar-refractivity contribution is -0.167. The van der Waals surface area contributed by atoms with Gasteiger partial charge in [-0.05, 0) is 116 Å². The van der Waals surface area contributed by atoms with Gasteiger partial charge < -0.3 is 14.2 Å². The van der Waals surface area contributed by atoms with Crippen LogP contribution in [0, 0.1) is 0 Å². The highest BCUT2D eigenvalue weighted by Crippen LogP contribution is 2.16. The first-order valence-electron chi connectivity index (χ1n) is 33.1. The van der Waals surface area contributed by atoms with Gasteiger partial charge in [0.15, 0.2) is 6.10 Å². The Morgan fingerprint density at radius 1 is 0.273 bits per heavy atom. The Labute approximate surface area is 477 Å². The lowest BCUT2D eigenvalue weighted by atomic mass is 10.1. The van der Waals surface area contributed by atoms with Crippen LogP contribution in [0.2, 0.25) is 0 Å². The number of esters is 3. The van der Waals surface area contributed by atoms with Crippen molar-refractivity contribution in [3.63, 3.8) is 0 Å². The SMILES string of the molecule is CC/C=C\C/C=C\C/C=C\C/C=C\CCCCCCCCCCC(=O)OCC(COC(=O)CCCCCCCCC/C=C\C/C=C\CCCCC)OC(=O)CCCCCCCCCCC/C=C\CCCCCCCCCC. The molecule has 0 saturated heterocycles. The van der Waals surface area contributed by atoms with Gasteiger partial charge in [0.1, 0.15) is 13.2 Å². The van der Waals surface area contributed by atoms with E-state index in [-0.39, 0.29) is 31.1 Å². The third kappa shape index (κ3) is 63.3. The summed E-state index contributed by atoms with van der Waals surface area (Å²) in [5.74, 6) is -0.885. The zero-order valence-electron chi connectivity index (χ0n) is 51.0. The number of ether oxygens (including phenoxy) is 3. The number of unbranched alkanes of at least 4 members (excludes halogenated alkanes) is 35. The van der Waals surface area contributed by atoms with E-state index in [0.717, 1.165) is 103 Å². The summed E-state index contributed by atoms with van der Waals surface area (Å²) in [5, 5.41) is 0. The number of carbonyl (C=O) groups is 3. The van der Waals surface area contributed by atoms with Crippen molar-refractivity contribution in [2.24, 2.45) is 0 Å². The predicted molar refractivity (Wildman–Crippen MR) is 334 cm³/mol. The molecule has 0 aliphatic carbocycles. The monoisotopic (exact) mass is 1070 g/mol. The average molecular weight is 1070 g/mol. The van der Waals surface area contributed by atoms with Crippen molar-refractivity contribution in [1.82, 2.24) is 0 Å². The van der Waals surface area contributed by atoms with Crippen molar-refractivity contribution in [3.05, 3.63) is 85.1 Å². The minimum atomic E-state index is -0.787. The molecule has 0 aliphatic rings. The Balaban J connectivity index is 4.39. The first kappa shape index (κ1) is 73.6. The summed E-state index contributed by atoms with van der Waals surface area (Å²) >= 11 is 0.